The molecule has 28 heavy (non-hydrogen) atoms. The molecule has 1 amide bonds. The molecule has 0 heterocycles. The Bertz CT molecular complexity index is 933. The van der Waals surface area contributed by atoms with Gasteiger partial charge < -0.3 is 10.1 Å². The summed E-state index contributed by atoms with van der Waals surface area (Å²) in [5, 5.41) is 3.74. The quantitative estimate of drug-likeness (QED) is 0.675. The summed E-state index contributed by atoms with van der Waals surface area (Å²) in [5.41, 5.74) is 1.21. The lowest BCUT2D eigenvalue weighted by atomic mass is 10.1. The highest BCUT2D eigenvalue weighted by atomic mass is 35.5. The number of sulfonamides is 1. The maximum Gasteiger partial charge on any atom is 0.243 e. The highest BCUT2D eigenvalue weighted by molar-refractivity contribution is 7.92. The van der Waals surface area contributed by atoms with Crippen LogP contribution in [-0.4, -0.2) is 40.3 Å². The van der Waals surface area contributed by atoms with Crippen molar-refractivity contribution in [1.82, 2.24) is 5.32 Å². The minimum absolute atomic E-state index is 0.206. The fourth-order valence-corrected chi connectivity index (χ4v) is 4.21. The van der Waals surface area contributed by atoms with Gasteiger partial charge in [-0.05, 0) is 49.2 Å². The Kier molecular flexibility index (Phi) is 7.57. The van der Waals surface area contributed by atoms with E-state index in [-0.39, 0.29) is 5.69 Å². The predicted octanol–water partition coefficient (Wildman–Crippen LogP) is 3.52. The Balaban J connectivity index is 2.16. The van der Waals surface area contributed by atoms with Crippen LogP contribution in [0.25, 0.3) is 0 Å². The first-order chi connectivity index (χ1) is 13.1. The van der Waals surface area contributed by atoms with E-state index in [9.17, 15) is 13.2 Å². The van der Waals surface area contributed by atoms with E-state index in [0.29, 0.717) is 28.8 Å². The second kappa shape index (κ2) is 9.49. The van der Waals surface area contributed by atoms with Gasteiger partial charge in [-0.3, -0.25) is 9.10 Å². The van der Waals surface area contributed by atoms with Crippen molar-refractivity contribution in [3.8, 4) is 5.75 Å². The fourth-order valence-electron chi connectivity index (χ4n) is 2.75. The van der Waals surface area contributed by atoms with E-state index in [1.54, 1.807) is 24.3 Å². The number of rotatable bonds is 8. The highest BCUT2D eigenvalue weighted by Crippen LogP contribution is 2.34. The molecule has 152 valence electrons. The SMILES string of the molecule is COc1ccc(Cl)cc1N([C@@H](C)C(=O)NCCc1ccc(Cl)cc1)S(C)(=O)=O. The average molecular weight is 445 g/mol. The molecule has 1 atom stereocenters. The van der Waals surface area contributed by atoms with E-state index < -0.39 is 22.0 Å². The van der Waals surface area contributed by atoms with Gasteiger partial charge in [0.05, 0.1) is 19.1 Å². The van der Waals surface area contributed by atoms with Gasteiger partial charge in [-0.2, -0.15) is 0 Å². The number of hydrogen-bond donors (Lipinski definition) is 1. The Morgan fingerprint density at radius 3 is 2.32 bits per heavy atom. The summed E-state index contributed by atoms with van der Waals surface area (Å²) in [5.74, 6) is -0.128. The van der Waals surface area contributed by atoms with Gasteiger partial charge in [0, 0.05) is 16.6 Å². The molecule has 1 N–H and O–H groups in total. The smallest absolute Gasteiger partial charge is 0.243 e. The summed E-state index contributed by atoms with van der Waals surface area (Å²) >= 11 is 11.9. The van der Waals surface area contributed by atoms with Crippen molar-refractivity contribution < 1.29 is 17.9 Å². The number of methoxy groups -OCH3 is 1. The van der Waals surface area contributed by atoms with Gasteiger partial charge in [0.1, 0.15) is 11.8 Å². The van der Waals surface area contributed by atoms with Crippen molar-refractivity contribution in [2.24, 2.45) is 0 Å². The normalized spacial score (nSPS) is 12.3. The minimum Gasteiger partial charge on any atom is -0.495 e. The molecule has 0 aliphatic heterocycles. The van der Waals surface area contributed by atoms with Crippen LogP contribution >= 0.6 is 23.2 Å². The van der Waals surface area contributed by atoms with Crippen LogP contribution in [0.1, 0.15) is 12.5 Å². The third-order valence-electron chi connectivity index (χ3n) is 4.09. The zero-order chi connectivity index (χ0) is 20.9. The summed E-state index contributed by atoms with van der Waals surface area (Å²) in [6.45, 7) is 1.87. The molecule has 2 rings (SSSR count). The van der Waals surface area contributed by atoms with Crippen LogP contribution in [0.3, 0.4) is 0 Å². The van der Waals surface area contributed by atoms with Crippen LogP contribution in [0.2, 0.25) is 10.0 Å². The van der Waals surface area contributed by atoms with Crippen molar-refractivity contribution in [2.45, 2.75) is 19.4 Å². The fraction of sp³-hybridized carbons (Fsp3) is 0.316. The monoisotopic (exact) mass is 444 g/mol. The Morgan fingerprint density at radius 2 is 1.75 bits per heavy atom. The summed E-state index contributed by atoms with van der Waals surface area (Å²) in [6.07, 6.45) is 1.62. The second-order valence-corrected chi connectivity index (χ2v) is 8.95. The molecule has 2 aromatic rings. The topological polar surface area (TPSA) is 75.7 Å². The number of nitrogens with zero attached hydrogens (tertiary/aromatic N) is 1. The van der Waals surface area contributed by atoms with Crippen molar-refractivity contribution in [2.75, 3.05) is 24.2 Å². The van der Waals surface area contributed by atoms with Crippen LogP contribution < -0.4 is 14.4 Å². The maximum absolute atomic E-state index is 12.6. The van der Waals surface area contributed by atoms with Crippen LogP contribution in [-0.2, 0) is 21.2 Å². The lowest BCUT2D eigenvalue weighted by Crippen LogP contribution is -2.48. The molecule has 0 saturated carbocycles. The molecule has 0 fully saturated rings. The number of ether oxygens (including phenoxy) is 1. The molecule has 0 spiro atoms. The first-order valence-corrected chi connectivity index (χ1v) is 11.1. The van der Waals surface area contributed by atoms with Gasteiger partial charge in [0.15, 0.2) is 0 Å². The molecule has 6 nitrogen and oxygen atoms in total. The number of hydrogen-bond acceptors (Lipinski definition) is 4. The number of benzene rings is 2. The van der Waals surface area contributed by atoms with Gasteiger partial charge >= 0.3 is 0 Å². The number of anilines is 1. The lowest BCUT2D eigenvalue weighted by molar-refractivity contribution is -0.121. The second-order valence-electron chi connectivity index (χ2n) is 6.22. The zero-order valence-electron chi connectivity index (χ0n) is 15.8. The molecule has 0 unspecified atom stereocenters. The van der Waals surface area contributed by atoms with Crippen LogP contribution in [0.5, 0.6) is 5.75 Å². The Hall–Kier alpha value is -1.96. The molecular formula is C19H22Cl2N2O4S. The summed E-state index contributed by atoms with van der Waals surface area (Å²) in [6, 6.07) is 10.9. The third-order valence-corrected chi connectivity index (χ3v) is 5.81. The summed E-state index contributed by atoms with van der Waals surface area (Å²) in [7, 11) is -2.35. The highest BCUT2D eigenvalue weighted by Gasteiger charge is 2.31. The largest absolute Gasteiger partial charge is 0.495 e. The number of nitrogens with one attached hydrogen (secondary N) is 1. The van der Waals surface area contributed by atoms with Gasteiger partial charge in [0.2, 0.25) is 15.9 Å². The standard InChI is InChI=1S/C19H22Cl2N2O4S/c1-13(19(24)22-11-10-14-4-6-15(20)7-5-14)23(28(3,25)26)17-12-16(21)8-9-18(17)27-2/h4-9,12-13H,10-11H2,1-3H3,(H,22,24)/t13-/m0/s1. The van der Waals surface area contributed by atoms with Gasteiger partial charge in [-0.1, -0.05) is 35.3 Å². The van der Waals surface area contributed by atoms with Crippen molar-refractivity contribution >= 4 is 44.8 Å². The number of carbonyl (C=O) groups is 1. The van der Waals surface area contributed by atoms with Crippen LogP contribution in [0, 0.1) is 0 Å². The van der Waals surface area contributed by atoms with E-state index in [4.69, 9.17) is 27.9 Å². The Morgan fingerprint density at radius 1 is 1.14 bits per heavy atom. The number of amides is 1. The Labute approximate surface area is 175 Å². The van der Waals surface area contributed by atoms with E-state index in [1.807, 2.05) is 12.1 Å². The molecule has 0 bridgehead atoms. The average Bonchev–Trinajstić information content (AvgIpc) is 2.62. The predicted molar refractivity (Wildman–Crippen MR) is 113 cm³/mol. The van der Waals surface area contributed by atoms with E-state index in [2.05, 4.69) is 5.32 Å². The van der Waals surface area contributed by atoms with Gasteiger partial charge in [-0.25, -0.2) is 8.42 Å². The number of halogens is 2. The van der Waals surface area contributed by atoms with Crippen molar-refractivity contribution in [3.05, 3.63) is 58.1 Å². The van der Waals surface area contributed by atoms with Crippen molar-refractivity contribution in [3.63, 3.8) is 0 Å². The summed E-state index contributed by atoms with van der Waals surface area (Å²) < 4.78 is 31.1. The lowest BCUT2D eigenvalue weighted by Gasteiger charge is -2.29. The first kappa shape index (κ1) is 22.3. The molecule has 0 saturated heterocycles. The van der Waals surface area contributed by atoms with E-state index >= 15 is 0 Å². The molecule has 0 aliphatic carbocycles. The maximum atomic E-state index is 12.6. The van der Waals surface area contributed by atoms with Gasteiger partial charge in [-0.15, -0.1) is 0 Å². The van der Waals surface area contributed by atoms with E-state index in [0.717, 1.165) is 16.1 Å². The van der Waals surface area contributed by atoms with Crippen molar-refractivity contribution in [1.29, 1.82) is 0 Å². The molecule has 9 heteroatoms. The third kappa shape index (κ3) is 5.77. The molecule has 0 radical (unpaired) electrons. The molecule has 0 aromatic heterocycles. The first-order valence-electron chi connectivity index (χ1n) is 8.48. The number of carbonyl (C=O) groups excluding carboxylic acids is 1. The van der Waals surface area contributed by atoms with Gasteiger partial charge in [0.25, 0.3) is 0 Å². The summed E-state index contributed by atoms with van der Waals surface area (Å²) in [4.78, 5) is 12.6. The van der Waals surface area contributed by atoms with Crippen LogP contribution in [0.4, 0.5) is 5.69 Å². The molecular weight excluding hydrogens is 423 g/mol. The minimum atomic E-state index is -3.77. The molecule has 2 aromatic carbocycles. The van der Waals surface area contributed by atoms with Crippen LogP contribution in [0.15, 0.2) is 42.5 Å². The zero-order valence-corrected chi connectivity index (χ0v) is 18.1. The van der Waals surface area contributed by atoms with E-state index in [1.165, 1.54) is 20.1 Å². The molecule has 0 aliphatic rings.